The van der Waals surface area contributed by atoms with Gasteiger partial charge in [-0.15, -0.1) is 0 Å². The Kier molecular flexibility index (Phi) is 4.95. The largest absolute Gasteiger partial charge is 0.475 e. The van der Waals surface area contributed by atoms with E-state index in [-0.39, 0.29) is 23.6 Å². The molecule has 0 aliphatic heterocycles. The van der Waals surface area contributed by atoms with Gasteiger partial charge in [-0.1, -0.05) is 0 Å². The molecule has 0 fully saturated rings. The molecule has 0 saturated carbocycles. The monoisotopic (exact) mass is 284 g/mol. The summed E-state index contributed by atoms with van der Waals surface area (Å²) < 4.78 is 9.60. The Balaban J connectivity index is 3.06. The Morgan fingerprint density at radius 2 is 1.80 bits per heavy atom. The number of carbonyl (C=O) groups is 1. The fourth-order valence-electron chi connectivity index (χ4n) is 1.45. The maximum atomic E-state index is 11.1. The van der Waals surface area contributed by atoms with Crippen molar-refractivity contribution >= 4 is 17.3 Å². The molecule has 0 bridgehead atoms. The van der Waals surface area contributed by atoms with E-state index in [0.717, 1.165) is 12.1 Å². The quantitative estimate of drug-likeness (QED) is 0.443. The highest BCUT2D eigenvalue weighted by molar-refractivity contribution is 5.71. The lowest BCUT2D eigenvalue weighted by molar-refractivity contribution is -0.395. The summed E-state index contributed by atoms with van der Waals surface area (Å²) in [4.78, 5) is 31.2. The van der Waals surface area contributed by atoms with Crippen molar-refractivity contribution in [1.82, 2.24) is 0 Å². The Bertz CT molecular complexity index is 556. The molecule has 0 unspecified atom stereocenters. The van der Waals surface area contributed by atoms with E-state index < -0.39 is 28.1 Å². The summed E-state index contributed by atoms with van der Waals surface area (Å²) in [5.74, 6) is -0.899. The number of nitro benzene ring substituents is 2. The fourth-order valence-corrected chi connectivity index (χ4v) is 1.45. The van der Waals surface area contributed by atoms with Crippen LogP contribution in [0.5, 0.6) is 5.75 Å². The molecule has 0 aliphatic rings. The molecular formula is C11H12N2O7. The molecule has 0 atom stereocenters. The van der Waals surface area contributed by atoms with Gasteiger partial charge < -0.3 is 9.47 Å². The third kappa shape index (κ3) is 3.64. The molecular weight excluding hydrogens is 272 g/mol. The van der Waals surface area contributed by atoms with Crippen molar-refractivity contribution in [1.29, 1.82) is 0 Å². The average Bonchev–Trinajstić information content (AvgIpc) is 2.35. The van der Waals surface area contributed by atoms with Crippen molar-refractivity contribution in [2.24, 2.45) is 0 Å². The smallest absolute Gasteiger partial charge is 0.344 e. The van der Waals surface area contributed by atoms with Gasteiger partial charge in [0.2, 0.25) is 0 Å². The van der Waals surface area contributed by atoms with E-state index in [4.69, 9.17) is 4.74 Å². The summed E-state index contributed by atoms with van der Waals surface area (Å²) >= 11 is 0. The molecule has 20 heavy (non-hydrogen) atoms. The van der Waals surface area contributed by atoms with Crippen molar-refractivity contribution in [3.8, 4) is 5.75 Å². The minimum atomic E-state index is -0.813. The van der Waals surface area contributed by atoms with E-state index >= 15 is 0 Å². The standard InChI is InChI=1S/C11H12N2O7/c1-3-19-11(14)6-20-10-4-7(2)8(12(15)16)5-9(10)13(17)18/h4-5H,3,6H2,1-2H3. The molecule has 0 heterocycles. The molecule has 1 aromatic carbocycles. The van der Waals surface area contributed by atoms with Crippen molar-refractivity contribution in [3.63, 3.8) is 0 Å². The second-order valence-corrected chi connectivity index (χ2v) is 3.71. The van der Waals surface area contributed by atoms with Crippen LogP contribution in [0.3, 0.4) is 0 Å². The zero-order chi connectivity index (χ0) is 15.3. The van der Waals surface area contributed by atoms with Gasteiger partial charge in [0.1, 0.15) is 0 Å². The first kappa shape index (κ1) is 15.3. The second-order valence-electron chi connectivity index (χ2n) is 3.71. The predicted molar refractivity (Wildman–Crippen MR) is 66.6 cm³/mol. The van der Waals surface area contributed by atoms with E-state index in [2.05, 4.69) is 4.74 Å². The number of carbonyl (C=O) groups excluding carboxylic acids is 1. The Hall–Kier alpha value is -2.71. The van der Waals surface area contributed by atoms with Crippen LogP contribution in [-0.4, -0.2) is 29.0 Å². The molecule has 0 N–H and O–H groups in total. The number of hydrogen-bond acceptors (Lipinski definition) is 7. The van der Waals surface area contributed by atoms with Crippen LogP contribution in [-0.2, 0) is 9.53 Å². The predicted octanol–water partition coefficient (Wildman–Crippen LogP) is 1.75. The average molecular weight is 284 g/mol. The minimum Gasteiger partial charge on any atom is -0.475 e. The van der Waals surface area contributed by atoms with Gasteiger partial charge in [0.05, 0.1) is 22.5 Å². The Labute approximate surface area is 113 Å². The second kappa shape index (κ2) is 6.45. The van der Waals surface area contributed by atoms with Gasteiger partial charge in [-0.3, -0.25) is 20.2 Å². The third-order valence-corrected chi connectivity index (χ3v) is 2.32. The van der Waals surface area contributed by atoms with Crippen molar-refractivity contribution < 1.29 is 24.1 Å². The maximum absolute atomic E-state index is 11.1. The van der Waals surface area contributed by atoms with E-state index in [1.54, 1.807) is 6.92 Å². The normalized spacial score (nSPS) is 9.90. The van der Waals surface area contributed by atoms with Crippen LogP contribution < -0.4 is 4.74 Å². The van der Waals surface area contributed by atoms with E-state index in [1.165, 1.54) is 6.92 Å². The minimum absolute atomic E-state index is 0.156. The molecule has 1 rings (SSSR count). The molecule has 0 amide bonds. The first-order valence-corrected chi connectivity index (χ1v) is 5.58. The van der Waals surface area contributed by atoms with Crippen LogP contribution >= 0.6 is 0 Å². The van der Waals surface area contributed by atoms with Crippen LogP contribution in [0.25, 0.3) is 0 Å². The van der Waals surface area contributed by atoms with Gasteiger partial charge in [0.25, 0.3) is 5.69 Å². The van der Waals surface area contributed by atoms with Gasteiger partial charge in [-0.05, 0) is 19.9 Å². The van der Waals surface area contributed by atoms with Gasteiger partial charge in [-0.25, -0.2) is 4.79 Å². The van der Waals surface area contributed by atoms with Crippen molar-refractivity contribution in [3.05, 3.63) is 37.9 Å². The molecule has 0 radical (unpaired) electrons. The highest BCUT2D eigenvalue weighted by Crippen LogP contribution is 2.33. The van der Waals surface area contributed by atoms with Crippen LogP contribution in [0.1, 0.15) is 12.5 Å². The third-order valence-electron chi connectivity index (χ3n) is 2.32. The highest BCUT2D eigenvalue weighted by atomic mass is 16.6. The highest BCUT2D eigenvalue weighted by Gasteiger charge is 2.24. The first-order chi connectivity index (χ1) is 9.36. The zero-order valence-electron chi connectivity index (χ0n) is 10.8. The summed E-state index contributed by atoms with van der Waals surface area (Å²) in [5, 5.41) is 21.6. The fraction of sp³-hybridized carbons (Fsp3) is 0.364. The summed E-state index contributed by atoms with van der Waals surface area (Å²) in [5.41, 5.74) is -0.772. The molecule has 0 saturated heterocycles. The number of esters is 1. The zero-order valence-corrected chi connectivity index (χ0v) is 10.8. The number of rotatable bonds is 6. The first-order valence-electron chi connectivity index (χ1n) is 5.58. The number of nitro groups is 2. The molecule has 0 spiro atoms. The van der Waals surface area contributed by atoms with Gasteiger partial charge in [-0.2, -0.15) is 0 Å². The summed E-state index contributed by atoms with van der Waals surface area (Å²) in [6.07, 6.45) is 0. The number of aryl methyl sites for hydroxylation is 1. The van der Waals surface area contributed by atoms with Crippen LogP contribution in [0, 0.1) is 27.2 Å². The molecule has 0 aliphatic carbocycles. The number of hydrogen-bond donors (Lipinski definition) is 0. The lowest BCUT2D eigenvalue weighted by atomic mass is 10.1. The van der Waals surface area contributed by atoms with Crippen molar-refractivity contribution in [2.75, 3.05) is 13.2 Å². The Morgan fingerprint density at radius 3 is 2.30 bits per heavy atom. The lowest BCUT2D eigenvalue weighted by Crippen LogP contribution is -2.15. The summed E-state index contributed by atoms with van der Waals surface area (Å²) in [6.45, 7) is 2.67. The maximum Gasteiger partial charge on any atom is 0.344 e. The van der Waals surface area contributed by atoms with E-state index in [1.807, 2.05) is 0 Å². The number of benzene rings is 1. The van der Waals surface area contributed by atoms with E-state index in [0.29, 0.717) is 0 Å². The molecule has 108 valence electrons. The SMILES string of the molecule is CCOC(=O)COc1cc(C)c([N+](=O)[O-])cc1[N+](=O)[O-]. The van der Waals surface area contributed by atoms with Crippen molar-refractivity contribution in [2.45, 2.75) is 13.8 Å². The van der Waals surface area contributed by atoms with Crippen LogP contribution in [0.2, 0.25) is 0 Å². The number of nitrogens with zero attached hydrogens (tertiary/aromatic N) is 2. The summed E-state index contributed by atoms with van der Waals surface area (Å²) in [6, 6.07) is 1.95. The lowest BCUT2D eigenvalue weighted by Gasteiger charge is -2.07. The Morgan fingerprint density at radius 1 is 1.20 bits per heavy atom. The van der Waals surface area contributed by atoms with Crippen LogP contribution in [0.4, 0.5) is 11.4 Å². The van der Waals surface area contributed by atoms with E-state index in [9.17, 15) is 25.0 Å². The molecule has 9 nitrogen and oxygen atoms in total. The topological polar surface area (TPSA) is 122 Å². The molecule has 1 aromatic rings. The molecule has 0 aromatic heterocycles. The number of ether oxygens (including phenoxy) is 2. The van der Waals surface area contributed by atoms with Gasteiger partial charge in [0, 0.05) is 5.56 Å². The van der Waals surface area contributed by atoms with Crippen LogP contribution in [0.15, 0.2) is 12.1 Å². The summed E-state index contributed by atoms with van der Waals surface area (Å²) in [7, 11) is 0. The molecule has 9 heteroatoms. The van der Waals surface area contributed by atoms with Gasteiger partial charge in [0.15, 0.2) is 12.4 Å². The van der Waals surface area contributed by atoms with Gasteiger partial charge >= 0.3 is 11.7 Å².